The summed E-state index contributed by atoms with van der Waals surface area (Å²) in [5.41, 5.74) is 0. The van der Waals surface area contributed by atoms with Gasteiger partial charge in [0.1, 0.15) is 0 Å². The summed E-state index contributed by atoms with van der Waals surface area (Å²) in [6, 6.07) is 0. The Balaban J connectivity index is 1.50. The summed E-state index contributed by atoms with van der Waals surface area (Å²) in [6.45, 7) is 16.5. The minimum atomic E-state index is -1.67. The molecule has 1 aromatic rings. The van der Waals surface area contributed by atoms with E-state index in [4.69, 9.17) is 23.4 Å². The molecule has 0 amide bonds. The number of ether oxygens (including phenoxy) is 4. The number of rotatable bonds is 10. The minimum Gasteiger partial charge on any atom is -0.488 e. The van der Waals surface area contributed by atoms with Crippen molar-refractivity contribution in [2.24, 2.45) is 0 Å². The van der Waals surface area contributed by atoms with Gasteiger partial charge in [-0.3, -0.25) is 0 Å². The van der Waals surface area contributed by atoms with Crippen molar-refractivity contribution in [2.45, 2.75) is 51.9 Å². The molecule has 0 saturated carbocycles. The monoisotopic (exact) mass is 385 g/mol. The first-order valence-electron chi connectivity index (χ1n) is 9.54. The highest BCUT2D eigenvalue weighted by atomic mass is 28.4. The van der Waals surface area contributed by atoms with Gasteiger partial charge in [0, 0.05) is 13.0 Å². The number of fused-ring (bicyclic) bond motifs is 1. The van der Waals surface area contributed by atoms with E-state index in [9.17, 15) is 0 Å². The summed E-state index contributed by atoms with van der Waals surface area (Å²) in [4.78, 5) is 0. The van der Waals surface area contributed by atoms with Crippen molar-refractivity contribution < 1.29 is 23.4 Å². The zero-order valence-corrected chi connectivity index (χ0v) is 18.0. The normalized spacial score (nSPS) is 15.1. The van der Waals surface area contributed by atoms with Crippen molar-refractivity contribution in [3.05, 3.63) is 12.4 Å². The molecule has 0 radical (unpaired) electrons. The van der Waals surface area contributed by atoms with E-state index >= 15 is 0 Å². The Kier molecular flexibility index (Phi) is 8.00. The lowest BCUT2D eigenvalue weighted by atomic mass is 10.2. The van der Waals surface area contributed by atoms with Gasteiger partial charge in [-0.05, 0) is 18.1 Å². The van der Waals surface area contributed by atoms with Gasteiger partial charge in [-0.2, -0.15) is 0 Å². The van der Waals surface area contributed by atoms with E-state index in [1.807, 2.05) is 17.0 Å². The van der Waals surface area contributed by atoms with Crippen LogP contribution in [-0.4, -0.2) is 59.1 Å². The molecule has 1 aliphatic heterocycles. The van der Waals surface area contributed by atoms with Crippen LogP contribution in [0, 0.1) is 0 Å². The summed E-state index contributed by atoms with van der Waals surface area (Å²) < 4.78 is 30.6. The van der Waals surface area contributed by atoms with Crippen molar-refractivity contribution in [1.82, 2.24) is 4.57 Å². The number of hydrogen-bond acceptors (Lipinski definition) is 5. The molecule has 0 spiro atoms. The second-order valence-electron chi connectivity index (χ2n) is 8.11. The Morgan fingerprint density at radius 2 is 1.46 bits per heavy atom. The number of nitrogens with zero attached hydrogens (tertiary/aromatic N) is 1. The van der Waals surface area contributed by atoms with Crippen LogP contribution in [0.4, 0.5) is 0 Å². The van der Waals surface area contributed by atoms with Crippen molar-refractivity contribution in [3.8, 4) is 11.5 Å². The molecule has 0 saturated heterocycles. The lowest BCUT2D eigenvalue weighted by Gasteiger charge is -2.36. The van der Waals surface area contributed by atoms with Gasteiger partial charge >= 0.3 is 0 Å². The van der Waals surface area contributed by atoms with Crippen LogP contribution in [0.15, 0.2) is 12.4 Å². The molecule has 150 valence electrons. The lowest BCUT2D eigenvalue weighted by molar-refractivity contribution is 0.0324. The molecule has 2 heterocycles. The van der Waals surface area contributed by atoms with Crippen molar-refractivity contribution >= 4 is 8.32 Å². The van der Waals surface area contributed by atoms with Crippen LogP contribution in [0.3, 0.4) is 0 Å². The fourth-order valence-electron chi connectivity index (χ4n) is 2.30. The summed E-state index contributed by atoms with van der Waals surface area (Å²) in [6.07, 6.45) is 4.87. The van der Waals surface area contributed by atoms with Gasteiger partial charge in [0.05, 0.1) is 58.6 Å². The third-order valence-electron chi connectivity index (χ3n) is 4.98. The fourth-order valence-corrected chi connectivity index (χ4v) is 3.33. The Morgan fingerprint density at radius 1 is 0.923 bits per heavy atom. The molecule has 1 aromatic heterocycles. The Bertz CT molecular complexity index is 515. The Hall–Kier alpha value is -1.02. The fraction of sp³-hybridized carbons (Fsp3) is 0.789. The molecular weight excluding hydrogens is 350 g/mol. The van der Waals surface area contributed by atoms with Crippen molar-refractivity contribution in [1.29, 1.82) is 0 Å². The van der Waals surface area contributed by atoms with E-state index in [1.54, 1.807) is 0 Å². The van der Waals surface area contributed by atoms with Gasteiger partial charge < -0.3 is 27.9 Å². The van der Waals surface area contributed by atoms with Crippen LogP contribution in [0.25, 0.3) is 0 Å². The first-order valence-corrected chi connectivity index (χ1v) is 12.5. The third-order valence-corrected chi connectivity index (χ3v) is 9.51. The van der Waals surface area contributed by atoms with Crippen LogP contribution in [0.5, 0.6) is 11.5 Å². The molecule has 0 atom stereocenters. The maximum absolute atomic E-state index is 6.07. The van der Waals surface area contributed by atoms with Crippen molar-refractivity contribution in [3.63, 3.8) is 0 Å². The highest BCUT2D eigenvalue weighted by Gasteiger charge is 2.36. The summed E-state index contributed by atoms with van der Waals surface area (Å²) in [5.74, 6) is 1.65. The smallest absolute Gasteiger partial charge is 0.192 e. The molecule has 0 aliphatic carbocycles. The zero-order chi connectivity index (χ0) is 19.0. The molecule has 6 nitrogen and oxygen atoms in total. The van der Waals surface area contributed by atoms with Crippen LogP contribution in [0.2, 0.25) is 18.1 Å². The lowest BCUT2D eigenvalue weighted by Crippen LogP contribution is -2.41. The Morgan fingerprint density at radius 3 is 2.04 bits per heavy atom. The van der Waals surface area contributed by atoms with Crippen LogP contribution in [0.1, 0.15) is 27.2 Å². The predicted molar refractivity (Wildman–Crippen MR) is 105 cm³/mol. The van der Waals surface area contributed by atoms with Gasteiger partial charge in [-0.25, -0.2) is 0 Å². The van der Waals surface area contributed by atoms with Crippen LogP contribution in [-0.2, 0) is 20.4 Å². The van der Waals surface area contributed by atoms with Crippen LogP contribution < -0.4 is 9.47 Å². The van der Waals surface area contributed by atoms with Gasteiger partial charge in [-0.15, -0.1) is 0 Å². The topological polar surface area (TPSA) is 51.1 Å². The Labute approximate surface area is 158 Å². The predicted octanol–water partition coefficient (Wildman–Crippen LogP) is 3.70. The molecule has 7 heteroatoms. The van der Waals surface area contributed by atoms with E-state index in [0.717, 1.165) is 24.5 Å². The second kappa shape index (κ2) is 9.78. The standard InChI is InChI=1S/C19H35NO5Si/c1-19(2,3)26(4,5)25-14-13-22-12-11-21-10-7-20-15-17-18(16-20)24-9-6-8-23-17/h15-16H,6-14H2,1-5H3. The zero-order valence-electron chi connectivity index (χ0n) is 17.0. The summed E-state index contributed by atoms with van der Waals surface area (Å²) in [7, 11) is -1.67. The van der Waals surface area contributed by atoms with E-state index < -0.39 is 8.32 Å². The first-order chi connectivity index (χ1) is 12.3. The molecule has 26 heavy (non-hydrogen) atoms. The van der Waals surface area contributed by atoms with E-state index in [1.165, 1.54) is 0 Å². The highest BCUT2D eigenvalue weighted by molar-refractivity contribution is 6.74. The molecule has 0 unspecified atom stereocenters. The molecule has 0 aromatic carbocycles. The number of hydrogen-bond donors (Lipinski definition) is 0. The van der Waals surface area contributed by atoms with Gasteiger partial charge in [-0.1, -0.05) is 20.8 Å². The number of aromatic nitrogens is 1. The van der Waals surface area contributed by atoms with Gasteiger partial charge in [0.25, 0.3) is 0 Å². The molecule has 0 bridgehead atoms. The average Bonchev–Trinajstić information content (AvgIpc) is 2.81. The SMILES string of the molecule is CC(C)(C)[Si](C)(C)OCCOCCOCCn1cc2c(c1)OCCCO2. The maximum atomic E-state index is 6.07. The largest absolute Gasteiger partial charge is 0.488 e. The molecule has 0 fully saturated rings. The summed E-state index contributed by atoms with van der Waals surface area (Å²) in [5, 5.41) is 0.239. The van der Waals surface area contributed by atoms with Gasteiger partial charge in [0.15, 0.2) is 19.8 Å². The van der Waals surface area contributed by atoms with Crippen LogP contribution >= 0.6 is 0 Å². The van der Waals surface area contributed by atoms with Gasteiger partial charge in [0.2, 0.25) is 0 Å². The van der Waals surface area contributed by atoms with E-state index in [-0.39, 0.29) is 5.04 Å². The second-order valence-corrected chi connectivity index (χ2v) is 12.9. The molecule has 0 N–H and O–H groups in total. The average molecular weight is 386 g/mol. The molecular formula is C19H35NO5Si. The van der Waals surface area contributed by atoms with E-state index in [2.05, 4.69) is 33.9 Å². The molecule has 2 rings (SSSR count). The minimum absolute atomic E-state index is 0.239. The first kappa shape index (κ1) is 21.3. The van der Waals surface area contributed by atoms with E-state index in [0.29, 0.717) is 46.2 Å². The summed E-state index contributed by atoms with van der Waals surface area (Å²) >= 11 is 0. The quantitative estimate of drug-likeness (QED) is 0.454. The third kappa shape index (κ3) is 6.61. The highest BCUT2D eigenvalue weighted by Crippen LogP contribution is 2.36. The maximum Gasteiger partial charge on any atom is 0.192 e. The van der Waals surface area contributed by atoms with Crippen molar-refractivity contribution in [2.75, 3.05) is 46.2 Å². The molecule has 1 aliphatic rings.